The van der Waals surface area contributed by atoms with Gasteiger partial charge in [0.05, 0.1) is 6.04 Å². The third kappa shape index (κ3) is 9.26. The molecule has 0 bridgehead atoms. The summed E-state index contributed by atoms with van der Waals surface area (Å²) in [6.45, 7) is 0.545. The van der Waals surface area contributed by atoms with Gasteiger partial charge in [-0.3, -0.25) is 24.2 Å². The lowest BCUT2D eigenvalue weighted by atomic mass is 9.81. The third-order valence-electron chi connectivity index (χ3n) is 10.9. The Morgan fingerprint density at radius 1 is 0.929 bits per heavy atom. The molecule has 17 nitrogen and oxygen atoms in total. The van der Waals surface area contributed by atoms with E-state index in [9.17, 15) is 38.7 Å². The van der Waals surface area contributed by atoms with E-state index in [-0.39, 0.29) is 56.1 Å². The van der Waals surface area contributed by atoms with Gasteiger partial charge < -0.3 is 35.9 Å². The van der Waals surface area contributed by atoms with Gasteiger partial charge in [0.15, 0.2) is 0 Å². The first-order valence-corrected chi connectivity index (χ1v) is 19.1. The summed E-state index contributed by atoms with van der Waals surface area (Å²) in [6, 6.07) is 11.5. The largest absolute Gasteiger partial charge is 0.550 e. The Balaban J connectivity index is 1.04. The van der Waals surface area contributed by atoms with Crippen LogP contribution in [0.2, 0.25) is 0 Å². The molecule has 2 aliphatic heterocycles. The molecule has 0 unspecified atom stereocenters. The maximum Gasteiger partial charge on any atom is 0.407 e. The molecule has 1 saturated carbocycles. The number of nitrogens with zero attached hydrogens (tertiary/aromatic N) is 3. The van der Waals surface area contributed by atoms with Gasteiger partial charge in [-0.05, 0) is 73.1 Å². The number of carbonyl (C=O) groups is 7. The Bertz CT molecular complexity index is 1820. The summed E-state index contributed by atoms with van der Waals surface area (Å²) < 4.78 is 5.65. The number of hydrazine groups is 1. The van der Waals surface area contributed by atoms with Crippen LogP contribution in [0.15, 0.2) is 53.6 Å². The van der Waals surface area contributed by atoms with E-state index in [1.165, 1.54) is 5.01 Å². The molecule has 2 aromatic carbocycles. The predicted molar refractivity (Wildman–Crippen MR) is 199 cm³/mol. The van der Waals surface area contributed by atoms with Crippen molar-refractivity contribution in [3.05, 3.63) is 59.7 Å². The topological polar surface area (TPSA) is 231 Å². The molecule has 0 aromatic heterocycles. The van der Waals surface area contributed by atoms with E-state index in [4.69, 9.17) is 4.74 Å². The molecule has 298 valence electrons. The average molecular weight is 772 g/mol. The first kappa shape index (κ1) is 39.7. The number of urea groups is 1. The van der Waals surface area contributed by atoms with Crippen LogP contribution in [-0.4, -0.2) is 103 Å². The normalized spacial score (nSPS) is 22.5. The van der Waals surface area contributed by atoms with Crippen molar-refractivity contribution >= 4 is 47.9 Å². The molecule has 2 heterocycles. The average Bonchev–Trinajstić information content (AvgIpc) is 3.46. The van der Waals surface area contributed by atoms with Gasteiger partial charge in [0.2, 0.25) is 17.7 Å². The maximum absolute atomic E-state index is 14.0. The number of carboxylic acid groups (broad SMARTS) is 1. The quantitative estimate of drug-likeness (QED) is 0.152. The van der Waals surface area contributed by atoms with Crippen molar-refractivity contribution in [1.29, 1.82) is 0 Å². The minimum atomic E-state index is -1.50. The summed E-state index contributed by atoms with van der Waals surface area (Å²) in [5.74, 6) is -3.39. The molecule has 0 radical (unpaired) electrons. The van der Waals surface area contributed by atoms with Crippen LogP contribution >= 0.6 is 0 Å². The fourth-order valence-electron chi connectivity index (χ4n) is 8.08. The van der Waals surface area contributed by atoms with Crippen molar-refractivity contribution in [3.63, 3.8) is 0 Å². The summed E-state index contributed by atoms with van der Waals surface area (Å²) in [7, 11) is 1.61. The fraction of sp³-hybridized carbons (Fsp3) is 0.487. The minimum absolute atomic E-state index is 0.0136. The highest BCUT2D eigenvalue weighted by Gasteiger charge is 2.45. The van der Waals surface area contributed by atoms with Crippen LogP contribution in [-0.2, 0) is 28.7 Å². The first-order valence-electron chi connectivity index (χ1n) is 19.1. The van der Waals surface area contributed by atoms with Crippen molar-refractivity contribution in [1.82, 2.24) is 36.7 Å². The van der Waals surface area contributed by atoms with E-state index in [0.29, 0.717) is 13.0 Å². The molecular formula is C39H47N8O9-. The van der Waals surface area contributed by atoms with E-state index in [0.717, 1.165) is 59.2 Å². The molecule has 7 amide bonds. The van der Waals surface area contributed by atoms with Crippen LogP contribution in [0.3, 0.4) is 0 Å². The number of amides is 7. The Labute approximate surface area is 323 Å². The molecular weight excluding hydrogens is 724 g/mol. The second kappa shape index (κ2) is 18.1. The zero-order valence-electron chi connectivity index (χ0n) is 31.2. The van der Waals surface area contributed by atoms with Crippen molar-refractivity contribution < 1.29 is 43.4 Å². The Morgan fingerprint density at radius 3 is 2.27 bits per heavy atom. The van der Waals surface area contributed by atoms with Crippen LogP contribution in [0.4, 0.5) is 9.59 Å². The van der Waals surface area contributed by atoms with E-state index < -0.39 is 60.4 Å². The number of hydrazone groups is 1. The van der Waals surface area contributed by atoms with E-state index >= 15 is 0 Å². The molecule has 17 heteroatoms. The highest BCUT2D eigenvalue weighted by atomic mass is 16.5. The van der Waals surface area contributed by atoms with Gasteiger partial charge in [0, 0.05) is 57.0 Å². The lowest BCUT2D eigenvalue weighted by Crippen LogP contribution is -2.64. The lowest BCUT2D eigenvalue weighted by molar-refractivity contribution is -0.305. The van der Waals surface area contributed by atoms with Crippen LogP contribution in [0.25, 0.3) is 11.1 Å². The zero-order chi connectivity index (χ0) is 39.8. The zero-order valence-corrected chi connectivity index (χ0v) is 31.2. The molecule has 3 atom stereocenters. The van der Waals surface area contributed by atoms with Crippen molar-refractivity contribution in [2.75, 3.05) is 26.7 Å². The lowest BCUT2D eigenvalue weighted by Gasteiger charge is -2.43. The van der Waals surface area contributed by atoms with Gasteiger partial charge in [-0.1, -0.05) is 48.5 Å². The van der Waals surface area contributed by atoms with Crippen molar-refractivity contribution in [2.45, 2.75) is 81.8 Å². The van der Waals surface area contributed by atoms with Gasteiger partial charge >= 0.3 is 12.1 Å². The first-order chi connectivity index (χ1) is 27.0. The number of aliphatic carboxylic acids is 1. The Kier molecular flexibility index (Phi) is 12.8. The number of nitrogens with one attached hydrogen (secondary N) is 5. The van der Waals surface area contributed by atoms with E-state index in [1.807, 2.05) is 48.5 Å². The van der Waals surface area contributed by atoms with Crippen LogP contribution in [0, 0.1) is 11.8 Å². The van der Waals surface area contributed by atoms with Gasteiger partial charge in [-0.2, -0.15) is 5.10 Å². The number of hydrogen-bond donors (Lipinski definition) is 5. The molecule has 2 aliphatic carbocycles. The number of alkyl carbamates (subject to hydrolysis) is 1. The molecule has 56 heavy (non-hydrogen) atoms. The number of fused-ring (bicyclic) bond motifs is 4. The number of ether oxygens (including phenoxy) is 1. The number of carboxylic acids is 1. The van der Waals surface area contributed by atoms with E-state index in [2.05, 4.69) is 31.8 Å². The van der Waals surface area contributed by atoms with Crippen molar-refractivity contribution in [2.24, 2.45) is 16.9 Å². The number of rotatable bonds is 12. The van der Waals surface area contributed by atoms with Crippen LogP contribution < -0.4 is 31.8 Å². The highest BCUT2D eigenvalue weighted by molar-refractivity contribution is 5.96. The monoisotopic (exact) mass is 771 g/mol. The molecule has 5 N–H and O–H groups in total. The fourth-order valence-corrected chi connectivity index (χ4v) is 8.08. The standard InChI is InChI=1S/C39H48N8O9/c1-40-35(51)24-14-12-23(13-15-24)20-41-38(54)45-42-21-25(19-34(49)50)43-36(52)32-11-6-18-46-33(48)17-16-31(37(53)47(32)46)44-39(55)56-22-30-28-9-4-2-7-26(28)27-8-3-5-10-29(27)30/h2-5,7-10,21,23-25,30-32H,6,11-20,22H2,1H3,(H,40,51)(H,43,52)(H,44,55)(H,49,50)(H2,41,45,54)/p-1/b42-21+/t23?,24?,25-,31-,32-/m0/s1. The number of hydrogen-bond acceptors (Lipinski definition) is 10. The molecule has 4 aliphatic rings. The van der Waals surface area contributed by atoms with Crippen LogP contribution in [0.1, 0.15) is 74.8 Å². The van der Waals surface area contributed by atoms with Gasteiger partial charge in [0.25, 0.3) is 5.91 Å². The predicted octanol–water partition coefficient (Wildman–Crippen LogP) is 0.884. The van der Waals surface area contributed by atoms with Gasteiger partial charge in [0.1, 0.15) is 18.7 Å². The molecule has 2 saturated heterocycles. The summed E-state index contributed by atoms with van der Waals surface area (Å²) in [5, 5.41) is 28.2. The molecule has 6 rings (SSSR count). The Morgan fingerprint density at radius 2 is 1.61 bits per heavy atom. The molecule has 3 fully saturated rings. The minimum Gasteiger partial charge on any atom is -0.550 e. The maximum atomic E-state index is 14.0. The van der Waals surface area contributed by atoms with Crippen LogP contribution in [0.5, 0.6) is 0 Å². The third-order valence-corrected chi connectivity index (χ3v) is 10.9. The SMILES string of the molecule is CNC(=O)C1CCC(CNC(=O)N/N=C/[C@H](CC(=O)[O-])NC(=O)[C@@H]2CCCN3C(=O)CC[C@H](NC(=O)OCC4c5ccccc5-c5ccccc54)C(=O)N23)CC1. The second-order valence-electron chi connectivity index (χ2n) is 14.5. The highest BCUT2D eigenvalue weighted by Crippen LogP contribution is 2.44. The smallest absolute Gasteiger partial charge is 0.407 e. The summed E-state index contributed by atoms with van der Waals surface area (Å²) in [5.41, 5.74) is 6.42. The number of carbonyl (C=O) groups excluding carboxylic acids is 7. The molecule has 0 spiro atoms. The Hall–Kier alpha value is -6.00. The van der Waals surface area contributed by atoms with Crippen molar-refractivity contribution in [3.8, 4) is 11.1 Å². The summed E-state index contributed by atoms with van der Waals surface area (Å²) in [6.07, 6.45) is 2.94. The summed E-state index contributed by atoms with van der Waals surface area (Å²) >= 11 is 0. The van der Waals surface area contributed by atoms with Gasteiger partial charge in [-0.15, -0.1) is 0 Å². The van der Waals surface area contributed by atoms with E-state index in [1.54, 1.807) is 7.05 Å². The number of benzene rings is 2. The summed E-state index contributed by atoms with van der Waals surface area (Å²) in [4.78, 5) is 89.9. The molecule has 2 aromatic rings. The van der Waals surface area contributed by atoms with Gasteiger partial charge in [-0.25, -0.2) is 20.0 Å². The second-order valence-corrected chi connectivity index (χ2v) is 14.5.